The van der Waals surface area contributed by atoms with Crippen molar-refractivity contribution in [2.24, 2.45) is 16.1 Å². The number of anilines is 1. The zero-order valence-corrected chi connectivity index (χ0v) is 17.3. The lowest BCUT2D eigenvalue weighted by atomic mass is 9.92. The van der Waals surface area contributed by atoms with Crippen molar-refractivity contribution in [3.05, 3.63) is 102 Å². The van der Waals surface area contributed by atoms with E-state index in [0.717, 1.165) is 11.1 Å². The number of hydrogen-bond donors (Lipinski definition) is 1. The monoisotopic (exact) mass is 410 g/mol. The topological polar surface area (TPSA) is 74.1 Å². The zero-order chi connectivity index (χ0) is 21.8. The van der Waals surface area contributed by atoms with Gasteiger partial charge in [-0.2, -0.15) is 15.2 Å². The van der Waals surface area contributed by atoms with Crippen molar-refractivity contribution in [3.8, 4) is 0 Å². The van der Waals surface area contributed by atoms with Crippen LogP contribution in [0.2, 0.25) is 0 Å². The minimum Gasteiger partial charge on any atom is -0.271 e. The Morgan fingerprint density at radius 2 is 1.48 bits per heavy atom. The number of aryl methyl sites for hydroxylation is 1. The fraction of sp³-hybridized carbons (Fsp3) is 0.120. The smallest absolute Gasteiger partial charge is 0.271 e. The van der Waals surface area contributed by atoms with Crippen LogP contribution in [0.15, 0.2) is 95.1 Å². The minimum absolute atomic E-state index is 0.211. The summed E-state index contributed by atoms with van der Waals surface area (Å²) >= 11 is 0. The maximum absolute atomic E-state index is 13.3. The second-order valence-electron chi connectivity index (χ2n) is 7.33. The van der Waals surface area contributed by atoms with E-state index in [1.54, 1.807) is 31.2 Å². The van der Waals surface area contributed by atoms with Crippen LogP contribution in [0.3, 0.4) is 0 Å². The van der Waals surface area contributed by atoms with Gasteiger partial charge >= 0.3 is 0 Å². The molecule has 0 aromatic heterocycles. The van der Waals surface area contributed by atoms with Crippen LogP contribution in [0.5, 0.6) is 0 Å². The van der Waals surface area contributed by atoms with Gasteiger partial charge in [-0.1, -0.05) is 66.2 Å². The van der Waals surface area contributed by atoms with Gasteiger partial charge in [-0.3, -0.25) is 9.59 Å². The first-order valence-corrected chi connectivity index (χ1v) is 9.99. The first-order valence-electron chi connectivity index (χ1n) is 9.99. The maximum atomic E-state index is 13.3. The van der Waals surface area contributed by atoms with Gasteiger partial charge in [0.25, 0.3) is 11.8 Å². The number of rotatable bonds is 5. The van der Waals surface area contributed by atoms with Crippen molar-refractivity contribution in [2.45, 2.75) is 13.8 Å². The Balaban J connectivity index is 1.69. The van der Waals surface area contributed by atoms with Crippen molar-refractivity contribution in [1.29, 1.82) is 0 Å². The molecule has 0 bridgehead atoms. The molecule has 1 aliphatic heterocycles. The summed E-state index contributed by atoms with van der Waals surface area (Å²) in [4.78, 5) is 25.9. The Kier molecular flexibility index (Phi) is 5.71. The summed E-state index contributed by atoms with van der Waals surface area (Å²) < 4.78 is 0. The van der Waals surface area contributed by atoms with Crippen LogP contribution in [0.1, 0.15) is 28.4 Å². The van der Waals surface area contributed by atoms with E-state index in [1.165, 1.54) is 5.01 Å². The molecule has 3 aromatic rings. The molecule has 0 spiro atoms. The van der Waals surface area contributed by atoms with Crippen LogP contribution in [0.25, 0.3) is 0 Å². The van der Waals surface area contributed by atoms with Gasteiger partial charge in [0.2, 0.25) is 0 Å². The van der Waals surface area contributed by atoms with Crippen LogP contribution in [-0.4, -0.2) is 23.2 Å². The normalized spacial score (nSPS) is 16.3. The standard InChI is InChI=1S/C25H22N4O2/c1-17-13-15-19(16-14-17)23(26-27-24(30)20-9-5-3-6-10-20)22-18(2)28-29(25(22)31)21-11-7-4-8-12-21/h3-16,22H,1-2H3,(H,27,30)/b26-23-. The highest BCUT2D eigenvalue weighted by atomic mass is 16.2. The van der Waals surface area contributed by atoms with Crippen LogP contribution in [-0.2, 0) is 4.79 Å². The highest BCUT2D eigenvalue weighted by Gasteiger charge is 2.38. The minimum atomic E-state index is -0.695. The second kappa shape index (κ2) is 8.75. The van der Waals surface area contributed by atoms with Crippen LogP contribution >= 0.6 is 0 Å². The molecule has 0 saturated carbocycles. The number of nitrogens with one attached hydrogen (secondary N) is 1. The van der Waals surface area contributed by atoms with E-state index >= 15 is 0 Å². The summed E-state index contributed by atoms with van der Waals surface area (Å²) in [6.45, 7) is 3.79. The number of amides is 2. The fourth-order valence-corrected chi connectivity index (χ4v) is 3.42. The van der Waals surface area contributed by atoms with Gasteiger partial charge in [-0.15, -0.1) is 0 Å². The number of hydrogen-bond acceptors (Lipinski definition) is 4. The lowest BCUT2D eigenvalue weighted by Crippen LogP contribution is -2.35. The molecule has 3 aromatic carbocycles. The highest BCUT2D eigenvalue weighted by molar-refractivity contribution is 6.32. The molecule has 1 N–H and O–H groups in total. The molecule has 0 fully saturated rings. The summed E-state index contributed by atoms with van der Waals surface area (Å²) in [5.41, 5.74) is 6.69. The van der Waals surface area contributed by atoms with E-state index in [4.69, 9.17) is 0 Å². The van der Waals surface area contributed by atoms with Gasteiger partial charge < -0.3 is 0 Å². The Hall–Kier alpha value is -4.06. The largest absolute Gasteiger partial charge is 0.271 e. The summed E-state index contributed by atoms with van der Waals surface area (Å²) in [6.07, 6.45) is 0. The Morgan fingerprint density at radius 1 is 0.871 bits per heavy atom. The van der Waals surface area contributed by atoms with Gasteiger partial charge in [0, 0.05) is 5.56 Å². The van der Waals surface area contributed by atoms with Crippen LogP contribution in [0, 0.1) is 12.8 Å². The molecule has 1 unspecified atom stereocenters. The summed E-state index contributed by atoms with van der Waals surface area (Å²) in [5, 5.41) is 10.3. The summed E-state index contributed by atoms with van der Waals surface area (Å²) in [5.74, 6) is -1.25. The quantitative estimate of drug-likeness (QED) is 0.506. The molecule has 0 saturated heterocycles. The summed E-state index contributed by atoms with van der Waals surface area (Å²) in [6, 6.07) is 25.8. The van der Waals surface area contributed by atoms with E-state index in [-0.39, 0.29) is 11.8 Å². The zero-order valence-electron chi connectivity index (χ0n) is 17.3. The number of carbonyl (C=O) groups excluding carboxylic acids is 2. The van der Waals surface area contributed by atoms with Crippen molar-refractivity contribution in [1.82, 2.24) is 5.43 Å². The van der Waals surface area contributed by atoms with Crippen molar-refractivity contribution in [2.75, 3.05) is 5.01 Å². The molecule has 0 aliphatic carbocycles. The van der Waals surface area contributed by atoms with Gasteiger partial charge in [0.05, 0.1) is 17.1 Å². The molecule has 6 nitrogen and oxygen atoms in total. The highest BCUT2D eigenvalue weighted by Crippen LogP contribution is 2.26. The molecule has 1 atom stereocenters. The number of para-hydroxylation sites is 1. The third kappa shape index (κ3) is 4.28. The van der Waals surface area contributed by atoms with E-state index < -0.39 is 5.92 Å². The Bertz CT molecular complexity index is 1150. The lowest BCUT2D eigenvalue weighted by molar-refractivity contribution is -0.118. The van der Waals surface area contributed by atoms with E-state index in [9.17, 15) is 9.59 Å². The van der Waals surface area contributed by atoms with Gasteiger partial charge in [-0.25, -0.2) is 5.43 Å². The molecule has 1 aliphatic rings. The molecule has 31 heavy (non-hydrogen) atoms. The van der Waals surface area contributed by atoms with Crippen molar-refractivity contribution >= 4 is 28.9 Å². The molecular weight excluding hydrogens is 388 g/mol. The molecule has 154 valence electrons. The maximum Gasteiger partial charge on any atom is 0.271 e. The Morgan fingerprint density at radius 3 is 2.13 bits per heavy atom. The predicted octanol–water partition coefficient (Wildman–Crippen LogP) is 4.17. The van der Waals surface area contributed by atoms with Gasteiger partial charge in [-0.05, 0) is 43.7 Å². The Labute approximate surface area is 180 Å². The molecule has 6 heteroatoms. The van der Waals surface area contributed by atoms with E-state index in [0.29, 0.717) is 22.7 Å². The third-order valence-corrected chi connectivity index (χ3v) is 5.07. The number of benzene rings is 3. The predicted molar refractivity (Wildman–Crippen MR) is 122 cm³/mol. The number of nitrogens with zero attached hydrogens (tertiary/aromatic N) is 3. The summed E-state index contributed by atoms with van der Waals surface area (Å²) in [7, 11) is 0. The SMILES string of the molecule is CC1=NN(c2ccccc2)C(=O)C1/C(=N\NC(=O)c1ccccc1)c1ccc(C)cc1. The first kappa shape index (κ1) is 20.2. The van der Waals surface area contributed by atoms with Gasteiger partial charge in [0.1, 0.15) is 5.92 Å². The molecule has 1 heterocycles. The first-order chi connectivity index (χ1) is 15.0. The van der Waals surface area contributed by atoms with E-state index in [1.807, 2.05) is 67.6 Å². The van der Waals surface area contributed by atoms with Crippen LogP contribution in [0.4, 0.5) is 5.69 Å². The number of carbonyl (C=O) groups is 2. The van der Waals surface area contributed by atoms with Crippen molar-refractivity contribution in [3.63, 3.8) is 0 Å². The van der Waals surface area contributed by atoms with E-state index in [2.05, 4.69) is 15.6 Å². The average molecular weight is 410 g/mol. The molecular formula is C25H22N4O2. The second-order valence-corrected chi connectivity index (χ2v) is 7.33. The fourth-order valence-electron chi connectivity index (χ4n) is 3.42. The van der Waals surface area contributed by atoms with Crippen molar-refractivity contribution < 1.29 is 9.59 Å². The number of hydrazone groups is 2. The van der Waals surface area contributed by atoms with Gasteiger partial charge in [0.15, 0.2) is 0 Å². The van der Waals surface area contributed by atoms with Crippen LogP contribution < -0.4 is 10.4 Å². The molecule has 4 rings (SSSR count). The lowest BCUT2D eigenvalue weighted by Gasteiger charge is -2.16. The third-order valence-electron chi connectivity index (χ3n) is 5.07. The molecule has 2 amide bonds. The molecule has 0 radical (unpaired) electrons. The average Bonchev–Trinajstić information content (AvgIpc) is 3.10.